The van der Waals surface area contributed by atoms with Crippen LogP contribution < -0.4 is 5.32 Å². The van der Waals surface area contributed by atoms with Crippen molar-refractivity contribution in [1.82, 2.24) is 4.57 Å². The zero-order valence-electron chi connectivity index (χ0n) is 26.5. The van der Waals surface area contributed by atoms with Crippen LogP contribution >= 0.6 is 0 Å². The Bertz CT molecular complexity index is 2400. The van der Waals surface area contributed by atoms with E-state index in [4.69, 9.17) is 0 Å². The van der Waals surface area contributed by atoms with Crippen LogP contribution in [0.25, 0.3) is 60.5 Å². The van der Waals surface area contributed by atoms with Crippen LogP contribution in [-0.4, -0.2) is 4.57 Å². The van der Waals surface area contributed by atoms with Gasteiger partial charge in [-0.25, -0.2) is 0 Å². The zero-order valence-corrected chi connectivity index (χ0v) is 26.5. The van der Waals surface area contributed by atoms with E-state index < -0.39 is 0 Å². The topological polar surface area (TPSA) is 17.0 Å². The van der Waals surface area contributed by atoms with Crippen LogP contribution in [0.4, 0.5) is 11.4 Å². The molecule has 1 aromatic heterocycles. The molecule has 1 heterocycles. The van der Waals surface area contributed by atoms with Crippen molar-refractivity contribution < 1.29 is 0 Å². The Kier molecular flexibility index (Phi) is 7.96. The van der Waals surface area contributed by atoms with E-state index in [1.807, 2.05) is 36.4 Å². The van der Waals surface area contributed by atoms with Crippen molar-refractivity contribution in [3.8, 4) is 27.9 Å². The molecular weight excluding hydrogens is 581 g/mol. The van der Waals surface area contributed by atoms with Gasteiger partial charge < -0.3 is 9.88 Å². The number of rotatable bonds is 5. The lowest BCUT2D eigenvalue weighted by Crippen LogP contribution is -1.96. The van der Waals surface area contributed by atoms with E-state index in [-0.39, 0.29) is 0 Å². The fraction of sp³-hybridized carbons (Fsp3) is 0. The molecule has 0 aliphatic carbocycles. The molecule has 9 aromatic rings. The Labute approximate surface area is 281 Å². The van der Waals surface area contributed by atoms with Crippen molar-refractivity contribution in [3.05, 3.63) is 200 Å². The first-order chi connectivity index (χ1) is 23.8. The van der Waals surface area contributed by atoms with Crippen LogP contribution in [0, 0.1) is 0 Å². The summed E-state index contributed by atoms with van der Waals surface area (Å²) in [6.45, 7) is 0. The number of hydrogen-bond donors (Lipinski definition) is 1. The lowest BCUT2D eigenvalue weighted by molar-refractivity contribution is 1.18. The fourth-order valence-electron chi connectivity index (χ4n) is 6.56. The second-order valence-electron chi connectivity index (χ2n) is 11.9. The Morgan fingerprint density at radius 1 is 0.333 bits per heavy atom. The largest absolute Gasteiger partial charge is 0.355 e. The van der Waals surface area contributed by atoms with E-state index in [1.54, 1.807) is 0 Å². The maximum absolute atomic E-state index is 3.76. The molecule has 2 heteroatoms. The van der Waals surface area contributed by atoms with E-state index in [1.165, 1.54) is 54.8 Å². The molecule has 0 atom stereocenters. The summed E-state index contributed by atoms with van der Waals surface area (Å²) in [6, 6.07) is 70.4. The molecule has 0 radical (unpaired) electrons. The molecule has 0 amide bonds. The Morgan fingerprint density at radius 3 is 1.38 bits per heavy atom. The molecule has 0 bridgehead atoms. The lowest BCUT2D eigenvalue weighted by atomic mass is 10.00. The fourth-order valence-corrected chi connectivity index (χ4v) is 6.56. The molecule has 8 aromatic carbocycles. The molecule has 228 valence electrons. The molecular formula is C46H34N2. The minimum atomic E-state index is 1.06. The number of para-hydroxylation sites is 2. The first-order valence-electron chi connectivity index (χ1n) is 16.4. The average molecular weight is 615 g/mol. The summed E-state index contributed by atoms with van der Waals surface area (Å²) < 4.78 is 2.38. The summed E-state index contributed by atoms with van der Waals surface area (Å²) in [5.74, 6) is 0. The van der Waals surface area contributed by atoms with Gasteiger partial charge in [0.05, 0.1) is 11.0 Å². The molecule has 0 aliphatic rings. The summed E-state index contributed by atoms with van der Waals surface area (Å²) >= 11 is 0. The van der Waals surface area contributed by atoms with E-state index in [2.05, 4.69) is 174 Å². The summed E-state index contributed by atoms with van der Waals surface area (Å²) in [6.07, 6.45) is 0. The monoisotopic (exact) mass is 614 g/mol. The number of nitrogens with zero attached hydrogens (tertiary/aromatic N) is 1. The maximum Gasteiger partial charge on any atom is 0.0568 e. The highest BCUT2D eigenvalue weighted by atomic mass is 15.0. The van der Waals surface area contributed by atoms with Gasteiger partial charge in [0.25, 0.3) is 0 Å². The molecule has 9 rings (SSSR count). The minimum Gasteiger partial charge on any atom is -0.355 e. The minimum absolute atomic E-state index is 1.06. The third-order valence-corrected chi connectivity index (χ3v) is 8.85. The summed E-state index contributed by atoms with van der Waals surface area (Å²) in [4.78, 5) is 0. The molecule has 1 N–H and O–H groups in total. The number of aromatic nitrogens is 1. The normalized spacial score (nSPS) is 10.9. The highest BCUT2D eigenvalue weighted by Crippen LogP contribution is 2.41. The number of anilines is 2. The van der Waals surface area contributed by atoms with Crippen molar-refractivity contribution in [3.63, 3.8) is 0 Å². The van der Waals surface area contributed by atoms with Gasteiger partial charge in [-0.15, -0.1) is 0 Å². The van der Waals surface area contributed by atoms with Crippen LogP contribution in [0.3, 0.4) is 0 Å². The second kappa shape index (κ2) is 13.2. The quantitative estimate of drug-likeness (QED) is 0.204. The van der Waals surface area contributed by atoms with Crippen LogP contribution in [0.15, 0.2) is 200 Å². The predicted molar refractivity (Wildman–Crippen MR) is 205 cm³/mol. The highest BCUT2D eigenvalue weighted by Gasteiger charge is 2.17. The maximum atomic E-state index is 3.76. The summed E-state index contributed by atoms with van der Waals surface area (Å²) in [7, 11) is 0. The van der Waals surface area contributed by atoms with E-state index in [9.17, 15) is 0 Å². The van der Waals surface area contributed by atoms with Crippen molar-refractivity contribution in [2.24, 2.45) is 0 Å². The molecule has 0 aliphatic heterocycles. The van der Waals surface area contributed by atoms with E-state index >= 15 is 0 Å². The third kappa shape index (κ3) is 5.72. The first kappa shape index (κ1) is 29.1. The van der Waals surface area contributed by atoms with Crippen molar-refractivity contribution >= 4 is 44.0 Å². The average Bonchev–Trinajstić information content (AvgIpc) is 3.51. The predicted octanol–water partition coefficient (Wildman–Crippen LogP) is 12.7. The second-order valence-corrected chi connectivity index (χ2v) is 11.9. The first-order valence-corrected chi connectivity index (χ1v) is 16.4. The molecule has 0 fully saturated rings. The number of hydrogen-bond acceptors (Lipinski definition) is 1. The summed E-state index contributed by atoms with van der Waals surface area (Å²) in [5, 5.41) is 8.76. The van der Waals surface area contributed by atoms with Gasteiger partial charge in [0.1, 0.15) is 0 Å². The molecule has 2 nitrogen and oxygen atoms in total. The van der Waals surface area contributed by atoms with Gasteiger partial charge in [-0.05, 0) is 64.0 Å². The van der Waals surface area contributed by atoms with Gasteiger partial charge in [-0.3, -0.25) is 0 Å². The number of fused-ring (bicyclic) bond motifs is 5. The summed E-state index contributed by atoms with van der Waals surface area (Å²) in [5.41, 5.74) is 10.6. The third-order valence-electron chi connectivity index (χ3n) is 8.85. The van der Waals surface area contributed by atoms with Crippen LogP contribution in [0.5, 0.6) is 0 Å². The Hall–Kier alpha value is -6.38. The highest BCUT2D eigenvalue weighted by molar-refractivity contribution is 6.24. The number of nitrogens with one attached hydrogen (secondary N) is 1. The van der Waals surface area contributed by atoms with Crippen LogP contribution in [0.1, 0.15) is 0 Å². The van der Waals surface area contributed by atoms with Gasteiger partial charge >= 0.3 is 0 Å². The van der Waals surface area contributed by atoms with Gasteiger partial charge in [0, 0.05) is 33.2 Å². The van der Waals surface area contributed by atoms with E-state index in [0.29, 0.717) is 0 Å². The molecule has 0 saturated heterocycles. The standard InChI is InChI=1S/C40H28N2.C6H6/c1-3-11-28(12-4-1)29-19-21-30(22-20-29)31-23-25-32(26-24-31)41-37-27-39-40(35-16-8-7-15-34(35)37)36-17-9-10-18-38(36)42(39)33-13-5-2-6-14-33;1-2-4-6-5-3-1/h1-27,41H;1-6H. The Morgan fingerprint density at radius 2 is 0.771 bits per heavy atom. The van der Waals surface area contributed by atoms with Gasteiger partial charge in [-0.1, -0.05) is 164 Å². The molecule has 0 unspecified atom stereocenters. The smallest absolute Gasteiger partial charge is 0.0568 e. The van der Waals surface area contributed by atoms with Crippen molar-refractivity contribution in [2.45, 2.75) is 0 Å². The Balaban J connectivity index is 0.000000508. The molecule has 0 spiro atoms. The van der Waals surface area contributed by atoms with Crippen LogP contribution in [-0.2, 0) is 0 Å². The molecule has 48 heavy (non-hydrogen) atoms. The van der Waals surface area contributed by atoms with Gasteiger partial charge in [-0.2, -0.15) is 0 Å². The SMILES string of the molecule is c1ccc(-c2ccc(-c3ccc(Nc4cc5c(c6ccccc46)c4ccccc4n5-c4ccccc4)cc3)cc2)cc1.c1ccccc1. The zero-order chi connectivity index (χ0) is 32.1. The van der Waals surface area contributed by atoms with Gasteiger partial charge in [0.15, 0.2) is 0 Å². The van der Waals surface area contributed by atoms with Crippen molar-refractivity contribution in [2.75, 3.05) is 5.32 Å². The van der Waals surface area contributed by atoms with Crippen LogP contribution in [0.2, 0.25) is 0 Å². The van der Waals surface area contributed by atoms with Crippen molar-refractivity contribution in [1.29, 1.82) is 0 Å². The lowest BCUT2D eigenvalue weighted by Gasteiger charge is -2.14. The van der Waals surface area contributed by atoms with E-state index in [0.717, 1.165) is 17.1 Å². The number of benzene rings is 8. The van der Waals surface area contributed by atoms with Gasteiger partial charge in [0.2, 0.25) is 0 Å². The molecule has 0 saturated carbocycles.